The SMILES string of the molecule is O=c1[nH]cnc2c1ncn2C1COC(CO)[C@H]1O. The lowest BCUT2D eigenvalue weighted by atomic mass is 10.1. The maximum atomic E-state index is 11.5. The number of aliphatic hydroxyl groups is 2. The molecule has 1 aliphatic heterocycles. The third-order valence-corrected chi connectivity index (χ3v) is 3.16. The number of rotatable bonds is 2. The molecule has 2 aromatic heterocycles. The van der Waals surface area contributed by atoms with Crippen molar-refractivity contribution < 1.29 is 14.9 Å². The molecule has 1 aliphatic rings. The Kier molecular flexibility index (Phi) is 2.62. The van der Waals surface area contributed by atoms with Gasteiger partial charge in [0.1, 0.15) is 12.2 Å². The van der Waals surface area contributed by atoms with E-state index in [0.717, 1.165) is 0 Å². The van der Waals surface area contributed by atoms with Crippen LogP contribution in [0.2, 0.25) is 0 Å². The van der Waals surface area contributed by atoms with Crippen LogP contribution in [0.25, 0.3) is 11.2 Å². The van der Waals surface area contributed by atoms with Crippen LogP contribution in [0.5, 0.6) is 0 Å². The smallest absolute Gasteiger partial charge is 0.278 e. The van der Waals surface area contributed by atoms with Crippen LogP contribution in [-0.2, 0) is 4.74 Å². The molecule has 2 unspecified atom stereocenters. The number of aromatic nitrogens is 4. The van der Waals surface area contributed by atoms with Gasteiger partial charge in [-0.1, -0.05) is 0 Å². The van der Waals surface area contributed by atoms with Gasteiger partial charge in [-0.15, -0.1) is 0 Å². The minimum atomic E-state index is -0.853. The maximum absolute atomic E-state index is 11.5. The second-order valence-corrected chi connectivity index (χ2v) is 4.17. The summed E-state index contributed by atoms with van der Waals surface area (Å²) in [6.45, 7) is -0.00929. The largest absolute Gasteiger partial charge is 0.394 e. The fourth-order valence-electron chi connectivity index (χ4n) is 2.18. The molecule has 0 amide bonds. The first-order valence-electron chi connectivity index (χ1n) is 5.53. The van der Waals surface area contributed by atoms with Crippen LogP contribution in [0.3, 0.4) is 0 Å². The summed E-state index contributed by atoms with van der Waals surface area (Å²) in [5.74, 6) is 0. The fraction of sp³-hybridized carbons (Fsp3) is 0.500. The first-order chi connectivity index (χ1) is 8.72. The summed E-state index contributed by atoms with van der Waals surface area (Å²) in [4.78, 5) is 22.0. The first kappa shape index (κ1) is 11.3. The zero-order chi connectivity index (χ0) is 12.7. The van der Waals surface area contributed by atoms with Crippen LogP contribution in [0.1, 0.15) is 6.04 Å². The Labute approximate surface area is 101 Å². The lowest BCUT2D eigenvalue weighted by Gasteiger charge is -2.16. The summed E-state index contributed by atoms with van der Waals surface area (Å²) in [5.41, 5.74) is 0.285. The molecule has 3 atom stereocenters. The van der Waals surface area contributed by atoms with Crippen LogP contribution in [-0.4, -0.2) is 55.2 Å². The molecule has 1 fully saturated rings. The molecule has 3 N–H and O–H groups in total. The molecule has 18 heavy (non-hydrogen) atoms. The summed E-state index contributed by atoms with van der Waals surface area (Å²) in [7, 11) is 0. The second-order valence-electron chi connectivity index (χ2n) is 4.17. The second kappa shape index (κ2) is 4.16. The molecule has 0 aliphatic carbocycles. The Balaban J connectivity index is 2.06. The predicted octanol–water partition coefficient (Wildman–Crippen LogP) is -1.59. The predicted molar refractivity (Wildman–Crippen MR) is 60.0 cm³/mol. The van der Waals surface area contributed by atoms with Crippen molar-refractivity contribution in [3.63, 3.8) is 0 Å². The standard InChI is InChI=1S/C10H12N4O4/c15-1-6-8(16)5(2-18-6)14-4-13-7-9(14)11-3-12-10(7)17/h3-6,8,15-16H,1-2H2,(H,11,12,17)/t5?,6?,8-/m0/s1. The number of fused-ring (bicyclic) bond motifs is 1. The van der Waals surface area contributed by atoms with Crippen LogP contribution < -0.4 is 5.56 Å². The Bertz CT molecular complexity index is 622. The van der Waals surface area contributed by atoms with Crippen LogP contribution in [0.4, 0.5) is 0 Å². The normalized spacial score (nSPS) is 28.0. The monoisotopic (exact) mass is 252 g/mol. The molecule has 96 valence electrons. The van der Waals surface area contributed by atoms with E-state index in [1.807, 2.05) is 0 Å². The van der Waals surface area contributed by atoms with E-state index in [1.54, 1.807) is 4.57 Å². The Hall–Kier alpha value is -1.77. The van der Waals surface area contributed by atoms with E-state index in [0.29, 0.717) is 5.65 Å². The van der Waals surface area contributed by atoms with E-state index >= 15 is 0 Å². The average molecular weight is 252 g/mol. The van der Waals surface area contributed by atoms with Crippen molar-refractivity contribution in [1.29, 1.82) is 0 Å². The summed E-state index contributed by atoms with van der Waals surface area (Å²) in [6.07, 6.45) is 1.27. The lowest BCUT2D eigenvalue weighted by molar-refractivity contribution is 0.00206. The average Bonchev–Trinajstić information content (AvgIpc) is 2.93. The molecule has 8 heteroatoms. The van der Waals surface area contributed by atoms with Gasteiger partial charge in [-0.05, 0) is 0 Å². The molecule has 0 radical (unpaired) electrons. The van der Waals surface area contributed by atoms with E-state index < -0.39 is 18.2 Å². The molecule has 0 saturated carbocycles. The molecule has 3 heterocycles. The number of hydrogen-bond donors (Lipinski definition) is 3. The number of nitrogens with one attached hydrogen (secondary N) is 1. The number of aromatic amines is 1. The minimum Gasteiger partial charge on any atom is -0.394 e. The molecule has 3 rings (SSSR count). The van der Waals surface area contributed by atoms with Crippen molar-refractivity contribution in [2.75, 3.05) is 13.2 Å². The molecule has 0 aromatic carbocycles. The van der Waals surface area contributed by atoms with Gasteiger partial charge in [0.05, 0.1) is 31.9 Å². The minimum absolute atomic E-state index is 0.220. The van der Waals surface area contributed by atoms with Gasteiger partial charge >= 0.3 is 0 Å². The quantitative estimate of drug-likeness (QED) is 0.594. The maximum Gasteiger partial charge on any atom is 0.278 e. The zero-order valence-corrected chi connectivity index (χ0v) is 9.35. The third-order valence-electron chi connectivity index (χ3n) is 3.16. The zero-order valence-electron chi connectivity index (χ0n) is 9.35. The van der Waals surface area contributed by atoms with Crippen LogP contribution in [0, 0.1) is 0 Å². The van der Waals surface area contributed by atoms with E-state index in [9.17, 15) is 9.90 Å². The van der Waals surface area contributed by atoms with Gasteiger partial charge in [0, 0.05) is 0 Å². The molecule has 0 spiro atoms. The van der Waals surface area contributed by atoms with Gasteiger partial charge in [-0.3, -0.25) is 4.79 Å². The topological polar surface area (TPSA) is 113 Å². The highest BCUT2D eigenvalue weighted by atomic mass is 16.5. The highest BCUT2D eigenvalue weighted by Crippen LogP contribution is 2.26. The van der Waals surface area contributed by atoms with Gasteiger partial charge in [-0.2, -0.15) is 0 Å². The lowest BCUT2D eigenvalue weighted by Crippen LogP contribution is -2.30. The molecule has 2 aromatic rings. The first-order valence-corrected chi connectivity index (χ1v) is 5.53. The summed E-state index contributed by atoms with van der Waals surface area (Å²) in [6, 6.07) is -0.401. The van der Waals surface area contributed by atoms with Gasteiger partial charge in [0.15, 0.2) is 11.2 Å². The molecule has 8 nitrogen and oxygen atoms in total. The van der Waals surface area contributed by atoms with Gasteiger partial charge in [0.2, 0.25) is 0 Å². The number of H-pyrrole nitrogens is 1. The van der Waals surface area contributed by atoms with Gasteiger partial charge in [0.25, 0.3) is 5.56 Å². The van der Waals surface area contributed by atoms with E-state index in [2.05, 4.69) is 15.0 Å². The van der Waals surface area contributed by atoms with E-state index in [1.165, 1.54) is 12.7 Å². The number of hydrogen-bond acceptors (Lipinski definition) is 6. The number of imidazole rings is 1. The van der Waals surface area contributed by atoms with Gasteiger partial charge < -0.3 is 24.5 Å². The van der Waals surface area contributed by atoms with Crippen molar-refractivity contribution in [2.45, 2.75) is 18.2 Å². The number of aliphatic hydroxyl groups excluding tert-OH is 2. The summed E-state index contributed by atoms with van der Waals surface area (Å²) in [5, 5.41) is 19.0. The summed E-state index contributed by atoms with van der Waals surface area (Å²) < 4.78 is 6.87. The Morgan fingerprint density at radius 3 is 3.11 bits per heavy atom. The van der Waals surface area contributed by atoms with Crippen molar-refractivity contribution in [1.82, 2.24) is 19.5 Å². The van der Waals surface area contributed by atoms with Gasteiger partial charge in [-0.25, -0.2) is 9.97 Å². The van der Waals surface area contributed by atoms with E-state index in [-0.39, 0.29) is 24.3 Å². The molecule has 0 bridgehead atoms. The number of ether oxygens (including phenoxy) is 1. The fourth-order valence-corrected chi connectivity index (χ4v) is 2.18. The van der Waals surface area contributed by atoms with Crippen molar-refractivity contribution in [3.05, 3.63) is 23.0 Å². The van der Waals surface area contributed by atoms with Crippen molar-refractivity contribution in [2.24, 2.45) is 0 Å². The molecule has 1 saturated heterocycles. The Morgan fingerprint density at radius 2 is 2.39 bits per heavy atom. The highest BCUT2D eigenvalue weighted by Gasteiger charge is 2.37. The summed E-state index contributed by atoms with van der Waals surface area (Å²) >= 11 is 0. The number of nitrogens with zero attached hydrogens (tertiary/aromatic N) is 3. The third kappa shape index (κ3) is 1.54. The van der Waals surface area contributed by atoms with Crippen molar-refractivity contribution in [3.8, 4) is 0 Å². The Morgan fingerprint density at radius 1 is 1.56 bits per heavy atom. The highest BCUT2D eigenvalue weighted by molar-refractivity contribution is 5.68. The van der Waals surface area contributed by atoms with Crippen LogP contribution >= 0.6 is 0 Å². The van der Waals surface area contributed by atoms with Crippen LogP contribution in [0.15, 0.2) is 17.4 Å². The van der Waals surface area contributed by atoms with Crippen molar-refractivity contribution >= 4 is 11.2 Å². The van der Waals surface area contributed by atoms with E-state index in [4.69, 9.17) is 9.84 Å². The molecular formula is C10H12N4O4. The molecular weight excluding hydrogens is 240 g/mol.